The monoisotopic (exact) mass is 589 g/mol. The van der Waals surface area contributed by atoms with Gasteiger partial charge in [0.05, 0.1) is 16.9 Å². The highest BCUT2D eigenvalue weighted by molar-refractivity contribution is 6.04. The summed E-state index contributed by atoms with van der Waals surface area (Å²) in [7, 11) is 0. The molecule has 1 aliphatic rings. The summed E-state index contributed by atoms with van der Waals surface area (Å²) in [6, 6.07) is 25.4. The van der Waals surface area contributed by atoms with Crippen LogP contribution in [0.1, 0.15) is 60.9 Å². The molecule has 2 aromatic heterocycles. The fourth-order valence-electron chi connectivity index (χ4n) is 5.67. The lowest BCUT2D eigenvalue weighted by atomic mass is 9.90. The van der Waals surface area contributed by atoms with E-state index in [1.165, 1.54) is 5.56 Å². The highest BCUT2D eigenvalue weighted by Gasteiger charge is 2.26. The number of rotatable bonds is 6. The second-order valence-electron chi connectivity index (χ2n) is 12.7. The highest BCUT2D eigenvalue weighted by atomic mass is 16.2. The van der Waals surface area contributed by atoms with Crippen molar-refractivity contribution in [1.29, 1.82) is 0 Å². The molecule has 9 nitrogen and oxygen atoms in total. The van der Waals surface area contributed by atoms with E-state index in [1.807, 2.05) is 78.6 Å². The number of nitrogens with one attached hydrogen (secondary N) is 3. The van der Waals surface area contributed by atoms with Crippen LogP contribution in [0.25, 0.3) is 16.6 Å². The number of piperidine rings is 1. The first-order valence-electron chi connectivity index (χ1n) is 15.2. The molecule has 3 amide bonds. The Balaban J connectivity index is 1.04. The summed E-state index contributed by atoms with van der Waals surface area (Å²) in [6.45, 7) is 9.80. The van der Waals surface area contributed by atoms with Gasteiger partial charge >= 0.3 is 6.03 Å². The normalized spacial score (nSPS) is 14.1. The first-order valence-corrected chi connectivity index (χ1v) is 15.2. The summed E-state index contributed by atoms with van der Waals surface area (Å²) in [5.74, 6) is 1.10. The third-order valence-electron chi connectivity index (χ3n) is 8.31. The third kappa shape index (κ3) is 6.37. The Morgan fingerprint density at radius 1 is 0.932 bits per heavy atom. The first-order chi connectivity index (χ1) is 21.1. The summed E-state index contributed by atoms with van der Waals surface area (Å²) >= 11 is 0. The number of aromatic amines is 1. The number of hydrogen-bond acceptors (Lipinski definition) is 4. The van der Waals surface area contributed by atoms with Crippen LogP contribution in [0.2, 0.25) is 0 Å². The molecule has 1 aliphatic heterocycles. The van der Waals surface area contributed by atoms with Crippen molar-refractivity contribution in [2.75, 3.05) is 23.7 Å². The van der Waals surface area contributed by atoms with E-state index in [0.29, 0.717) is 17.4 Å². The van der Waals surface area contributed by atoms with Crippen LogP contribution in [0.15, 0.2) is 78.9 Å². The van der Waals surface area contributed by atoms with Gasteiger partial charge in [0.1, 0.15) is 5.82 Å². The lowest BCUT2D eigenvalue weighted by Gasteiger charge is -2.31. The Bertz CT molecular complexity index is 1770. The van der Waals surface area contributed by atoms with Crippen molar-refractivity contribution in [3.05, 3.63) is 101 Å². The van der Waals surface area contributed by atoms with Gasteiger partial charge in [-0.05, 0) is 68.0 Å². The molecule has 226 valence electrons. The largest absolute Gasteiger partial charge is 0.337 e. The number of H-pyrrole nitrogens is 1. The third-order valence-corrected chi connectivity index (χ3v) is 8.31. The summed E-state index contributed by atoms with van der Waals surface area (Å²) in [6.07, 6.45) is 2.83. The van der Waals surface area contributed by atoms with Gasteiger partial charge in [0, 0.05) is 35.6 Å². The van der Waals surface area contributed by atoms with Crippen LogP contribution in [0, 0.1) is 12.8 Å². The maximum absolute atomic E-state index is 13.1. The van der Waals surface area contributed by atoms with Crippen LogP contribution in [-0.2, 0) is 11.8 Å². The van der Waals surface area contributed by atoms with Crippen molar-refractivity contribution in [2.45, 2.75) is 52.4 Å². The molecule has 0 radical (unpaired) electrons. The van der Waals surface area contributed by atoms with E-state index in [-0.39, 0.29) is 17.4 Å². The number of aromatic nitrogens is 4. The maximum atomic E-state index is 13.1. The fraction of sp³-hybridized carbons (Fsp3) is 0.314. The smallest absolute Gasteiger partial charge is 0.324 e. The van der Waals surface area contributed by atoms with E-state index in [4.69, 9.17) is 5.10 Å². The molecule has 0 atom stereocenters. The van der Waals surface area contributed by atoms with Gasteiger partial charge in [0.25, 0.3) is 5.91 Å². The first kappa shape index (κ1) is 29.2. The lowest BCUT2D eigenvalue weighted by Crippen LogP contribution is -2.39. The number of para-hydroxylation sites is 1. The van der Waals surface area contributed by atoms with Crippen LogP contribution in [0.4, 0.5) is 16.3 Å². The average Bonchev–Trinajstić information content (AvgIpc) is 3.64. The molecule has 0 aliphatic carbocycles. The van der Waals surface area contributed by atoms with Crippen molar-refractivity contribution in [2.24, 2.45) is 5.92 Å². The number of nitrogens with zero attached hydrogens (tertiary/aromatic N) is 4. The predicted octanol–water partition coefficient (Wildman–Crippen LogP) is 7.09. The molecule has 5 aromatic rings. The van der Waals surface area contributed by atoms with Crippen LogP contribution >= 0.6 is 0 Å². The number of urea groups is 1. The van der Waals surface area contributed by atoms with E-state index >= 15 is 0 Å². The lowest BCUT2D eigenvalue weighted by molar-refractivity contribution is 0.0686. The van der Waals surface area contributed by atoms with E-state index < -0.39 is 0 Å². The molecule has 1 saturated heterocycles. The zero-order chi connectivity index (χ0) is 30.8. The molecule has 0 bridgehead atoms. The van der Waals surface area contributed by atoms with Gasteiger partial charge in [-0.15, -0.1) is 0 Å². The summed E-state index contributed by atoms with van der Waals surface area (Å²) in [5, 5.41) is 18.9. The number of amides is 3. The topological polar surface area (TPSA) is 108 Å². The average molecular weight is 590 g/mol. The number of hydrogen-bond donors (Lipinski definition) is 3. The number of anilines is 2. The van der Waals surface area contributed by atoms with E-state index in [1.54, 1.807) is 4.68 Å². The van der Waals surface area contributed by atoms with E-state index in [9.17, 15) is 9.59 Å². The van der Waals surface area contributed by atoms with Gasteiger partial charge < -0.3 is 10.2 Å². The second kappa shape index (κ2) is 12.0. The van der Waals surface area contributed by atoms with E-state index in [2.05, 4.69) is 53.7 Å². The zero-order valence-corrected chi connectivity index (χ0v) is 25.7. The zero-order valence-electron chi connectivity index (χ0n) is 25.7. The van der Waals surface area contributed by atoms with Gasteiger partial charge in [0.2, 0.25) is 0 Å². The number of carbonyl (C=O) groups is 2. The van der Waals surface area contributed by atoms with Crippen molar-refractivity contribution in [3.63, 3.8) is 0 Å². The molecule has 3 heterocycles. The van der Waals surface area contributed by atoms with Gasteiger partial charge in [0.15, 0.2) is 5.69 Å². The van der Waals surface area contributed by atoms with Gasteiger partial charge in [-0.25, -0.2) is 9.48 Å². The SMILES string of the molecule is Cc1ccc(-n2nc(C(C)(C)C)cc2NC(=O)Nc2ccc(CC3CCN(C(=O)c4n[nH]c5ccccc45)CC3)cc2)cc1. The van der Waals surface area contributed by atoms with Crippen LogP contribution in [0.3, 0.4) is 0 Å². The Kier molecular flexibility index (Phi) is 7.95. The molecule has 0 spiro atoms. The number of likely N-dealkylation sites (tertiary alicyclic amines) is 1. The number of carbonyl (C=O) groups excluding carboxylic acids is 2. The molecule has 9 heteroatoms. The molecular weight excluding hydrogens is 550 g/mol. The minimum atomic E-state index is -0.326. The Labute approximate surface area is 257 Å². The Morgan fingerprint density at radius 3 is 2.34 bits per heavy atom. The van der Waals surface area contributed by atoms with Crippen LogP contribution < -0.4 is 10.6 Å². The van der Waals surface area contributed by atoms with Crippen molar-refractivity contribution < 1.29 is 9.59 Å². The molecule has 44 heavy (non-hydrogen) atoms. The van der Waals surface area contributed by atoms with Crippen LogP contribution in [-0.4, -0.2) is 49.9 Å². The molecule has 3 aromatic carbocycles. The number of fused-ring (bicyclic) bond motifs is 1. The molecule has 1 fully saturated rings. The van der Waals surface area contributed by atoms with E-state index in [0.717, 1.165) is 65.9 Å². The molecule has 0 saturated carbocycles. The van der Waals surface area contributed by atoms with Crippen LogP contribution in [0.5, 0.6) is 0 Å². The second-order valence-corrected chi connectivity index (χ2v) is 12.7. The van der Waals surface area contributed by atoms with Gasteiger partial charge in [-0.1, -0.05) is 68.8 Å². The molecule has 6 rings (SSSR count). The number of aryl methyl sites for hydroxylation is 1. The summed E-state index contributed by atoms with van der Waals surface area (Å²) in [4.78, 5) is 28.1. The number of benzene rings is 3. The maximum Gasteiger partial charge on any atom is 0.324 e. The Morgan fingerprint density at radius 2 is 1.64 bits per heavy atom. The van der Waals surface area contributed by atoms with Gasteiger partial charge in [-0.2, -0.15) is 10.2 Å². The van der Waals surface area contributed by atoms with Gasteiger partial charge in [-0.3, -0.25) is 15.2 Å². The molecular formula is C35H39N7O2. The standard InChI is InChI=1S/C35H39N7O2/c1-23-9-15-27(16-10-23)42-31(22-30(40-42)35(2,3)4)37-34(44)36-26-13-11-24(12-14-26)21-25-17-19-41(20-18-25)33(43)32-28-7-5-6-8-29(28)38-39-32/h5-16,22,25H,17-21H2,1-4H3,(H,38,39)(H2,36,37,44). The predicted molar refractivity (Wildman–Crippen MR) is 175 cm³/mol. The van der Waals surface area contributed by atoms with Crippen molar-refractivity contribution in [3.8, 4) is 5.69 Å². The fourth-order valence-corrected chi connectivity index (χ4v) is 5.67. The molecule has 3 N–H and O–H groups in total. The Hall–Kier alpha value is -4.92. The minimum absolute atomic E-state index is 0.00819. The summed E-state index contributed by atoms with van der Waals surface area (Å²) in [5.41, 5.74) is 6.08. The van der Waals surface area contributed by atoms with Crippen molar-refractivity contribution >= 4 is 34.3 Å². The summed E-state index contributed by atoms with van der Waals surface area (Å²) < 4.78 is 1.78. The minimum Gasteiger partial charge on any atom is -0.337 e. The molecule has 0 unspecified atom stereocenters. The quantitative estimate of drug-likeness (QED) is 0.196. The highest BCUT2D eigenvalue weighted by Crippen LogP contribution is 2.28. The van der Waals surface area contributed by atoms with Crippen molar-refractivity contribution in [1.82, 2.24) is 24.9 Å².